The molecule has 0 aromatic heterocycles. The Kier molecular flexibility index (Phi) is 10.5. The highest BCUT2D eigenvalue weighted by Crippen LogP contribution is 2.05. The molecule has 2 atom stereocenters. The molecule has 1 fully saturated rings. The lowest BCUT2D eigenvalue weighted by Gasteiger charge is -2.16. The molecule has 7 heteroatoms. The second-order valence-corrected chi connectivity index (χ2v) is 5.65. The van der Waals surface area contributed by atoms with Gasteiger partial charge in [0.25, 0.3) is 0 Å². The number of thiocarbonyl (C=S) groups is 1. The molecule has 3 aliphatic heterocycles. The predicted octanol–water partition coefficient (Wildman–Crippen LogP) is 1.23. The van der Waals surface area contributed by atoms with Gasteiger partial charge in [-0.05, 0) is 19.3 Å². The number of carbonyl (C=O) groups is 1. The van der Waals surface area contributed by atoms with Crippen LogP contribution in [0, 0.1) is 0 Å². The highest BCUT2D eigenvalue weighted by molar-refractivity contribution is 7.80. The Bertz CT molecular complexity index is 381. The second-order valence-electron chi connectivity index (χ2n) is 5.18. The minimum absolute atomic E-state index is 0.0231. The summed E-state index contributed by atoms with van der Waals surface area (Å²) in [5.41, 5.74) is 10.3. The normalized spacial score (nSPS) is 25.6. The maximum absolute atomic E-state index is 10.4. The zero-order valence-corrected chi connectivity index (χ0v) is 14.1. The van der Waals surface area contributed by atoms with E-state index in [1.807, 2.05) is 24.3 Å². The molecule has 0 aliphatic carbocycles. The first-order chi connectivity index (χ1) is 11.1. The summed E-state index contributed by atoms with van der Waals surface area (Å²) in [4.78, 5) is 10.9. The molecule has 4 N–H and O–H groups in total. The van der Waals surface area contributed by atoms with E-state index in [1.54, 1.807) is 0 Å². The Hall–Kier alpha value is -1.28. The fourth-order valence-corrected chi connectivity index (χ4v) is 2.13. The van der Waals surface area contributed by atoms with Crippen molar-refractivity contribution < 1.29 is 19.0 Å². The third kappa shape index (κ3) is 9.45. The molecular formula is C16H26N2O4S. The molecule has 0 bridgehead atoms. The van der Waals surface area contributed by atoms with Crippen LogP contribution in [-0.2, 0) is 19.0 Å². The van der Waals surface area contributed by atoms with E-state index in [1.165, 1.54) is 12.8 Å². The van der Waals surface area contributed by atoms with Crippen molar-refractivity contribution in [1.29, 1.82) is 0 Å². The summed E-state index contributed by atoms with van der Waals surface area (Å²) >= 11 is 4.73. The summed E-state index contributed by atoms with van der Waals surface area (Å²) in [7, 11) is 0. The van der Waals surface area contributed by atoms with Gasteiger partial charge < -0.3 is 25.7 Å². The van der Waals surface area contributed by atoms with Crippen LogP contribution in [-0.4, -0.2) is 49.5 Å². The van der Waals surface area contributed by atoms with Crippen molar-refractivity contribution >= 4 is 23.1 Å². The molecule has 3 rings (SSSR count). The number of primary amides is 1. The van der Waals surface area contributed by atoms with Crippen molar-refractivity contribution in [2.45, 2.75) is 37.9 Å². The van der Waals surface area contributed by atoms with Gasteiger partial charge in [-0.15, -0.1) is 0 Å². The standard InChI is InChI=1S/C6H9NO2.C6H9NOS.C4H8O/c7-6(8)5-3-1-2-4-9-5;7-6(9)5-3-1-2-4-8-5;1-2-4-5-3-1/h1-2,5H,3-4H2,(H2,7,8);1-2,5H,3-4H2,(H2,7,9);1-4H2. The van der Waals surface area contributed by atoms with Gasteiger partial charge in [-0.1, -0.05) is 36.5 Å². The number of rotatable bonds is 2. The van der Waals surface area contributed by atoms with E-state index in [-0.39, 0.29) is 12.0 Å². The number of amides is 1. The monoisotopic (exact) mass is 342 g/mol. The highest BCUT2D eigenvalue weighted by Gasteiger charge is 2.15. The van der Waals surface area contributed by atoms with Crippen LogP contribution < -0.4 is 11.5 Å². The summed E-state index contributed by atoms with van der Waals surface area (Å²) in [6, 6.07) is 0. The Labute approximate surface area is 142 Å². The van der Waals surface area contributed by atoms with Crippen molar-refractivity contribution in [2.24, 2.45) is 11.5 Å². The summed E-state index contributed by atoms with van der Waals surface area (Å²) < 4.78 is 15.1. The van der Waals surface area contributed by atoms with Crippen LogP contribution in [0.5, 0.6) is 0 Å². The lowest BCUT2D eigenvalue weighted by atomic mass is 10.2. The molecule has 3 heterocycles. The van der Waals surface area contributed by atoms with E-state index in [4.69, 9.17) is 37.9 Å². The topological polar surface area (TPSA) is 96.8 Å². The van der Waals surface area contributed by atoms with Gasteiger partial charge in [0.2, 0.25) is 5.91 Å². The van der Waals surface area contributed by atoms with Gasteiger partial charge in [0.15, 0.2) is 0 Å². The van der Waals surface area contributed by atoms with Crippen LogP contribution in [0.15, 0.2) is 24.3 Å². The van der Waals surface area contributed by atoms with Gasteiger partial charge in [-0.2, -0.15) is 0 Å². The van der Waals surface area contributed by atoms with Gasteiger partial charge in [-0.25, -0.2) is 0 Å². The zero-order chi connectivity index (χ0) is 16.9. The molecule has 130 valence electrons. The van der Waals surface area contributed by atoms with E-state index in [0.717, 1.165) is 19.6 Å². The van der Waals surface area contributed by atoms with Gasteiger partial charge >= 0.3 is 0 Å². The summed E-state index contributed by atoms with van der Waals surface area (Å²) in [5, 5.41) is 0. The molecule has 0 saturated carbocycles. The van der Waals surface area contributed by atoms with Gasteiger partial charge in [0.05, 0.1) is 13.2 Å². The fraction of sp³-hybridized carbons (Fsp3) is 0.625. The minimum Gasteiger partial charge on any atom is -0.391 e. The number of nitrogens with two attached hydrogens (primary N) is 2. The Morgan fingerprint density at radius 3 is 1.65 bits per heavy atom. The van der Waals surface area contributed by atoms with Crippen molar-refractivity contribution in [3.8, 4) is 0 Å². The lowest BCUT2D eigenvalue weighted by molar-refractivity contribution is -0.128. The predicted molar refractivity (Wildman–Crippen MR) is 93.0 cm³/mol. The number of hydrogen-bond acceptors (Lipinski definition) is 5. The molecule has 0 aromatic rings. The number of ether oxygens (including phenoxy) is 3. The maximum Gasteiger partial charge on any atom is 0.246 e. The van der Waals surface area contributed by atoms with E-state index in [2.05, 4.69) is 0 Å². The average Bonchev–Trinajstić information content (AvgIpc) is 3.17. The Morgan fingerprint density at radius 2 is 1.43 bits per heavy atom. The van der Waals surface area contributed by atoms with E-state index in [0.29, 0.717) is 24.6 Å². The van der Waals surface area contributed by atoms with Gasteiger partial charge in [-0.3, -0.25) is 4.79 Å². The van der Waals surface area contributed by atoms with Crippen LogP contribution in [0.2, 0.25) is 0 Å². The molecule has 0 radical (unpaired) electrons. The maximum atomic E-state index is 10.4. The molecule has 3 aliphatic rings. The van der Waals surface area contributed by atoms with Crippen LogP contribution in [0.25, 0.3) is 0 Å². The van der Waals surface area contributed by atoms with E-state index in [9.17, 15) is 4.79 Å². The largest absolute Gasteiger partial charge is 0.391 e. The lowest BCUT2D eigenvalue weighted by Crippen LogP contribution is -2.32. The quantitative estimate of drug-likeness (QED) is 0.579. The number of carbonyl (C=O) groups excluding carboxylic acids is 1. The molecule has 2 unspecified atom stereocenters. The van der Waals surface area contributed by atoms with Crippen LogP contribution in [0.3, 0.4) is 0 Å². The van der Waals surface area contributed by atoms with Crippen molar-refractivity contribution in [3.05, 3.63) is 24.3 Å². The molecule has 0 aromatic carbocycles. The fourth-order valence-electron chi connectivity index (χ4n) is 1.96. The molecule has 0 spiro atoms. The third-order valence-corrected chi connectivity index (χ3v) is 3.55. The molecule has 6 nitrogen and oxygen atoms in total. The average molecular weight is 342 g/mol. The first-order valence-corrected chi connectivity index (χ1v) is 8.21. The highest BCUT2D eigenvalue weighted by atomic mass is 32.1. The molecule has 1 amide bonds. The molecular weight excluding hydrogens is 316 g/mol. The third-order valence-electron chi connectivity index (χ3n) is 3.28. The first-order valence-electron chi connectivity index (χ1n) is 7.81. The zero-order valence-electron chi connectivity index (χ0n) is 13.3. The van der Waals surface area contributed by atoms with Crippen LogP contribution >= 0.6 is 12.2 Å². The molecule has 23 heavy (non-hydrogen) atoms. The van der Waals surface area contributed by atoms with E-state index >= 15 is 0 Å². The van der Waals surface area contributed by atoms with Crippen molar-refractivity contribution in [3.63, 3.8) is 0 Å². The van der Waals surface area contributed by atoms with Crippen LogP contribution in [0.1, 0.15) is 25.7 Å². The minimum atomic E-state index is -0.394. The van der Waals surface area contributed by atoms with Gasteiger partial charge in [0.1, 0.15) is 17.2 Å². The van der Waals surface area contributed by atoms with Crippen molar-refractivity contribution in [2.75, 3.05) is 26.4 Å². The van der Waals surface area contributed by atoms with Crippen molar-refractivity contribution in [1.82, 2.24) is 0 Å². The Morgan fingerprint density at radius 1 is 0.913 bits per heavy atom. The first kappa shape index (κ1) is 19.8. The summed E-state index contributed by atoms with van der Waals surface area (Å²) in [5.74, 6) is -0.376. The molecule has 1 saturated heterocycles. The summed E-state index contributed by atoms with van der Waals surface area (Å²) in [6.07, 6.45) is 11.4. The second kappa shape index (κ2) is 12.2. The van der Waals surface area contributed by atoms with Gasteiger partial charge in [0, 0.05) is 19.6 Å². The summed E-state index contributed by atoms with van der Waals surface area (Å²) in [6.45, 7) is 3.15. The SMILES string of the molecule is C1CCOC1.NC(=O)C1CC=CCO1.NC(=S)C1CC=CCO1. The number of hydrogen-bond donors (Lipinski definition) is 2. The smallest absolute Gasteiger partial charge is 0.246 e. The van der Waals surface area contributed by atoms with E-state index < -0.39 is 6.10 Å². The Balaban J connectivity index is 0.000000180. The van der Waals surface area contributed by atoms with Crippen LogP contribution in [0.4, 0.5) is 0 Å².